The molecule has 1 aliphatic heterocycles. The van der Waals surface area contributed by atoms with Gasteiger partial charge in [0.1, 0.15) is 36.6 Å². The van der Waals surface area contributed by atoms with Crippen LogP contribution in [0.15, 0.2) is 103 Å². The molecule has 8 fully saturated rings. The van der Waals surface area contributed by atoms with Gasteiger partial charge in [0.05, 0.1) is 61.8 Å². The molecule has 5 amide bonds. The van der Waals surface area contributed by atoms with E-state index in [0.29, 0.717) is 130 Å². The van der Waals surface area contributed by atoms with Crippen molar-refractivity contribution in [3.63, 3.8) is 0 Å². The van der Waals surface area contributed by atoms with Crippen LogP contribution in [-0.4, -0.2) is 248 Å². The number of benzene rings is 3. The number of carboxylic acids is 1. The number of ketones is 2. The van der Waals surface area contributed by atoms with Gasteiger partial charge in [0, 0.05) is 119 Å². The van der Waals surface area contributed by atoms with Crippen molar-refractivity contribution in [2.45, 2.75) is 341 Å². The fourth-order valence-electron chi connectivity index (χ4n) is 17.4. The van der Waals surface area contributed by atoms with E-state index >= 15 is 0 Å². The summed E-state index contributed by atoms with van der Waals surface area (Å²) in [6.45, 7) is 26.3. The van der Waals surface area contributed by atoms with Gasteiger partial charge in [0.25, 0.3) is 0 Å². The Morgan fingerprint density at radius 1 is 0.493 bits per heavy atom. The van der Waals surface area contributed by atoms with Crippen molar-refractivity contribution in [2.75, 3.05) is 60.1 Å². The number of nitrogens with two attached hydrogens (primary N) is 4. The first-order valence-corrected chi connectivity index (χ1v) is 53.4. The Hall–Kier alpha value is -8.40. The first kappa shape index (κ1) is 136. The minimum absolute atomic E-state index is 0. The third kappa shape index (κ3) is 54.0. The third-order valence-corrected chi connectivity index (χ3v) is 26.4. The molecule has 0 spiro atoms. The molecule has 8 aliphatic carbocycles. The molecule has 1 heterocycles. The van der Waals surface area contributed by atoms with Crippen molar-refractivity contribution in [3.05, 3.63) is 120 Å². The molecule has 0 aromatic heterocycles. The molecule has 21 atom stereocenters. The van der Waals surface area contributed by atoms with Gasteiger partial charge in [-0.1, -0.05) is 98.4 Å². The number of nitrogens with one attached hydrogen (secondary N) is 4. The van der Waals surface area contributed by atoms with Gasteiger partial charge in [-0.15, -0.1) is 0 Å². The summed E-state index contributed by atoms with van der Waals surface area (Å²) in [6.07, 6.45) is 9.12. The normalized spacial score (nSPS) is 25.9. The van der Waals surface area contributed by atoms with E-state index in [-0.39, 0.29) is 208 Å². The number of carbonyl (C=O) groups excluding carboxylic acids is 10. The van der Waals surface area contributed by atoms with Crippen molar-refractivity contribution in [1.82, 2.24) is 31.0 Å². The number of primary amides is 3. The molecule has 0 bridgehead atoms. The van der Waals surface area contributed by atoms with Crippen LogP contribution in [0.25, 0.3) is 0 Å². The Kier molecular flexibility index (Phi) is 70.1. The molecule has 32 nitrogen and oxygen atoms in total. The number of Topliss-reactive ketones (excluding diaryl/α,β-unsaturated/α-hetero) is 2. The number of halogens is 6. The van der Waals surface area contributed by atoms with Gasteiger partial charge < -0.3 is 92.9 Å². The number of hydrogen-bond acceptors (Lipinski definition) is 26. The minimum atomic E-state index is -1.49. The summed E-state index contributed by atoms with van der Waals surface area (Å²) < 4.78 is 117. The van der Waals surface area contributed by atoms with Crippen LogP contribution in [0.1, 0.15) is 258 Å². The Morgan fingerprint density at radius 2 is 0.833 bits per heavy atom. The molecule has 9 aliphatic rings. The van der Waals surface area contributed by atoms with E-state index in [1.807, 2.05) is 133 Å². The number of allylic oxidation sites excluding steroid dienone is 2. The van der Waals surface area contributed by atoms with E-state index in [2.05, 4.69) is 56.6 Å². The number of aliphatic carboxylic acids is 1. The van der Waals surface area contributed by atoms with Gasteiger partial charge in [-0.2, -0.15) is 0 Å². The molecule has 3 aromatic carbocycles. The molecule has 144 heavy (non-hydrogen) atoms. The van der Waals surface area contributed by atoms with Crippen LogP contribution in [0.4, 0.5) is 31.1 Å². The number of carbonyl (C=O) groups is 11. The Morgan fingerprint density at radius 3 is 1.17 bits per heavy atom. The summed E-state index contributed by atoms with van der Waals surface area (Å²) in [7, 11) is 3.42. The molecule has 43 heteroatoms. The minimum Gasteiger partial charge on any atom is -0.870 e. The van der Waals surface area contributed by atoms with E-state index in [4.69, 9.17) is 56.4 Å². The Bertz CT molecular complexity index is 4110. The quantitative estimate of drug-likeness (QED) is 0.00587. The molecular formula is C101H165B3F6LiN10O22Si. The van der Waals surface area contributed by atoms with Crippen LogP contribution in [0.3, 0.4) is 0 Å². The van der Waals surface area contributed by atoms with Crippen molar-refractivity contribution in [1.29, 1.82) is 0 Å². The van der Waals surface area contributed by atoms with Crippen LogP contribution in [0, 0.1) is 47.3 Å². The van der Waals surface area contributed by atoms with Crippen molar-refractivity contribution < 1.29 is 151 Å². The second kappa shape index (κ2) is 74.5. The fourth-order valence-corrected chi connectivity index (χ4v) is 18.4. The van der Waals surface area contributed by atoms with E-state index in [9.17, 15) is 83.8 Å². The number of rotatable bonds is 29. The summed E-state index contributed by atoms with van der Waals surface area (Å²) in [6, 6.07) is 28.9. The van der Waals surface area contributed by atoms with Crippen LogP contribution in [0.2, 0.25) is 33.3 Å². The number of esters is 4. The molecule has 1 saturated heterocycles. The maximum Gasteiger partial charge on any atom is 1.00 e. The average molecular weight is 2050 g/mol. The van der Waals surface area contributed by atoms with E-state index in [1.165, 1.54) is 7.48 Å². The van der Waals surface area contributed by atoms with E-state index < -0.39 is 88.1 Å². The zero-order valence-electron chi connectivity index (χ0n) is 86.6. The summed E-state index contributed by atoms with van der Waals surface area (Å²) in [5.74, 6) is -4.15. The maximum absolute atomic E-state index is 14.3. The summed E-state index contributed by atoms with van der Waals surface area (Å²) in [5, 5.41) is 30.6. The van der Waals surface area contributed by atoms with Crippen molar-refractivity contribution in [3.8, 4) is 0 Å². The number of urea groups is 1. The number of alkyl halides is 6. The van der Waals surface area contributed by atoms with Crippen molar-refractivity contribution in [2.24, 2.45) is 70.3 Å². The first-order chi connectivity index (χ1) is 66.8. The van der Waals surface area contributed by atoms with Crippen LogP contribution in [-0.2, 0) is 85.7 Å². The van der Waals surface area contributed by atoms with E-state index in [0.717, 1.165) is 61.2 Å². The van der Waals surface area contributed by atoms with Gasteiger partial charge in [0.2, 0.25) is 26.0 Å². The number of ether oxygens (including phenoxy) is 4. The summed E-state index contributed by atoms with van der Waals surface area (Å²) in [5.41, 5.74) is 24.2. The molecule has 15 N–H and O–H groups in total. The Balaban J connectivity index is 0.00000159. The first-order valence-electron chi connectivity index (χ1n) is 49.9. The molecule has 12 rings (SSSR count). The van der Waals surface area contributed by atoms with Gasteiger partial charge in [0.15, 0.2) is 12.0 Å². The van der Waals surface area contributed by atoms with Gasteiger partial charge in [-0.05, 0) is 239 Å². The predicted molar refractivity (Wildman–Crippen MR) is 540 cm³/mol. The zero-order chi connectivity index (χ0) is 105. The molecular weight excluding hydrogens is 1890 g/mol. The second-order valence-corrected chi connectivity index (χ2v) is 42.3. The molecule has 0 unspecified atom stereocenters. The summed E-state index contributed by atoms with van der Waals surface area (Å²) >= 11 is 0. The van der Waals surface area contributed by atoms with E-state index in [1.54, 1.807) is 44.2 Å². The number of hydrogen-bond donors (Lipinski definition) is 10. The molecule has 1 radical (unpaired) electrons. The van der Waals surface area contributed by atoms with Crippen LogP contribution >= 0.6 is 0 Å². The zero-order valence-corrected chi connectivity index (χ0v) is 87.6. The van der Waals surface area contributed by atoms with Crippen LogP contribution < -0.4 is 63.0 Å². The fraction of sp³-hybridized carbons (Fsp3) is 0.693. The monoisotopic (exact) mass is 2050 g/mol. The molecule has 3 aromatic rings. The topological polar surface area (TPSA) is 499 Å². The molecule has 7 saturated carbocycles. The van der Waals surface area contributed by atoms with Crippen LogP contribution in [0.5, 0.6) is 0 Å². The third-order valence-electron chi connectivity index (χ3n) is 25.6. The Labute approximate surface area is 864 Å². The number of amides is 5. The predicted octanol–water partition coefficient (Wildman–Crippen LogP) is 11.4. The van der Waals surface area contributed by atoms with Crippen molar-refractivity contribution >= 4 is 95.2 Å². The SMILES string of the molecule is C.CB(O)N[C@@H]1CC[C@@H](C(N)=O)C[C@@H]1F.CCOC(=O)C1CCC(=O)CC1.CCOC(=O)[C@@H]1CCC(=O)[C@@H](F)C1.CCOC(=O)[C@@H]1CC[C@@H](N[C@H](C)c2ccccc2)[C@@H](F)C1.CCOC(=O)[C@H]1CC=C(O[Si](C)(C)C)CC1.CN1CCCN(C)C1=O.C[B]OOCB=O.C[C@@H](N[C@@H]1CC[C@@H](C(=O)O)C[C@@H]1F)c1ccccc1.C[C@@H](N[C@@H]1CC[C@@H](C(N)=O)C[C@@H]1F)c1ccccc1.NC(=O)[C@@H]1CC[C@@H](N)[C@@H](F)C1.[Li+].[OH-]. The average Bonchev–Trinajstić information content (AvgIpc) is 0.720. The smallest absolute Gasteiger partial charge is 0.870 e. The number of nitrogens with zero attached hydrogens (tertiary/aromatic N) is 2. The second-order valence-electron chi connectivity index (χ2n) is 37.8. The summed E-state index contributed by atoms with van der Waals surface area (Å²) in [4.78, 5) is 133. The van der Waals surface area contributed by atoms with Gasteiger partial charge >= 0.3 is 104 Å². The maximum atomic E-state index is 14.3. The molecule has 807 valence electrons. The van der Waals surface area contributed by atoms with Gasteiger partial charge in [-0.3, -0.25) is 47.9 Å². The standard InChI is InChI=1S/C17H24FNO2.C15H21FN2O.C15H20FNO2.C12H22O3Si.C9H13FO3.C9H14O3.C8H16BFN2O2.C7H13FN2O.C6H12N2O.C2H5B2O3.CH4.Li.H2O/c1-3-21-17(20)14-9-10-16(15(18)11-14)19-12(2)13-7-5-4-6-8-13;1-10(11-5-3-2-4-6-11)18-14-8-7-12(15(17)19)9-13(14)16;1-10(11-5-3-2-4-6-11)17-14-8-7-12(15(18)19)9-13(14)16;1-5-14-12(13)10-6-8-11(9-7-10)15-16(2,3)4;1-2-13-9(12)6-3-4-8(11)7(10)5-6;1-2-12-9(11)7-3-5-8(10)6-4-7;1-9(14)12-7-3-2-5(8(11)13)4-6(7)10;8-5-3-4(7(10)11)1-2-6(5)9;1-7-4-3-5-8(2)6(7)9;1-3-7-6-2-4-5;;;/h4-8,12,14-16,19H,3,9-11H2,1-2H3;2-6,10,12-14,18H,7-9H2,1H3,(H2,17,19);2-6,10,12-14,17H,7-9H2,1H3,(H,18,19);8,10H,5-7,9H2,1-4H3;6-7H,2-5H2,1H3;7H,2-6H2,1H3;5-7,12,14H,2-4H2,1H3,(H2,11,13);4-6H,1-3,9H2,(H2,10,11);3-5H2,1-2H3;2H2,1H3;1H4;;1H2/q;;;;;;;;;;;+1;/p-1/t12-,14-,15+,16-;2*10-,12-,13+,14-;10-;6-,7+;;5-,6+,7-;4-,5+,6-;;;;;/m11101.11...../s1. The number of carboxylic acid groups (broad SMARTS) is 1. The largest absolute Gasteiger partial charge is 1.00 e. The van der Waals surface area contributed by atoms with Gasteiger partial charge in [-0.25, -0.2) is 31.1 Å².